The van der Waals surface area contributed by atoms with Gasteiger partial charge in [-0.25, -0.2) is 4.98 Å². The number of aryl methyl sites for hydroxylation is 2. The Balaban J connectivity index is 0.00000121. The summed E-state index contributed by atoms with van der Waals surface area (Å²) in [6.45, 7) is 1.90. The van der Waals surface area contributed by atoms with Gasteiger partial charge in [0.1, 0.15) is 0 Å². The molecular formula is C13H13ClN4OS. The number of aromatic amines is 1. The molecule has 0 saturated carbocycles. The van der Waals surface area contributed by atoms with Crippen molar-refractivity contribution in [3.05, 3.63) is 29.2 Å². The highest BCUT2D eigenvalue weighted by Crippen LogP contribution is 2.30. The molecule has 3 aromatic heterocycles. The Morgan fingerprint density at radius 1 is 1.40 bits per heavy atom. The van der Waals surface area contributed by atoms with Gasteiger partial charge < -0.3 is 9.51 Å². The summed E-state index contributed by atoms with van der Waals surface area (Å²) in [6, 6.07) is 1.88. The predicted octanol–water partition coefficient (Wildman–Crippen LogP) is 3.13. The van der Waals surface area contributed by atoms with Gasteiger partial charge in [0.2, 0.25) is 5.76 Å². The SMILES string of the molecule is Cc1cc(-c2nc3c4c(ncc3[nH]2)CCSC4)on1.Cl. The number of rotatable bonds is 1. The van der Waals surface area contributed by atoms with E-state index < -0.39 is 0 Å². The van der Waals surface area contributed by atoms with E-state index >= 15 is 0 Å². The molecule has 4 heterocycles. The first-order chi connectivity index (χ1) is 9.31. The summed E-state index contributed by atoms with van der Waals surface area (Å²) < 4.78 is 5.25. The summed E-state index contributed by atoms with van der Waals surface area (Å²) in [5, 5.41) is 3.90. The topological polar surface area (TPSA) is 67.6 Å². The van der Waals surface area contributed by atoms with E-state index in [1.165, 1.54) is 11.3 Å². The zero-order valence-electron chi connectivity index (χ0n) is 10.8. The molecule has 7 heteroatoms. The first-order valence-corrected chi connectivity index (χ1v) is 7.34. The van der Waals surface area contributed by atoms with Crippen LogP contribution in [-0.4, -0.2) is 25.9 Å². The van der Waals surface area contributed by atoms with Crippen molar-refractivity contribution < 1.29 is 4.52 Å². The van der Waals surface area contributed by atoms with Gasteiger partial charge in [-0.3, -0.25) is 4.98 Å². The van der Waals surface area contributed by atoms with Crippen LogP contribution in [0.4, 0.5) is 0 Å². The minimum Gasteiger partial charge on any atom is -0.353 e. The van der Waals surface area contributed by atoms with Gasteiger partial charge in [0.15, 0.2) is 5.82 Å². The normalized spacial score (nSPS) is 14.1. The number of nitrogens with one attached hydrogen (secondary N) is 1. The van der Waals surface area contributed by atoms with Crippen LogP contribution in [0, 0.1) is 6.92 Å². The molecule has 20 heavy (non-hydrogen) atoms. The summed E-state index contributed by atoms with van der Waals surface area (Å²) in [5.41, 5.74) is 5.27. The van der Waals surface area contributed by atoms with Gasteiger partial charge >= 0.3 is 0 Å². The molecule has 0 atom stereocenters. The standard InChI is InChI=1S/C13H12N4OS.ClH/c1-7-4-11(18-17-7)13-15-10-5-14-9-2-3-19-6-8(9)12(10)16-13;/h4-5H,2-3,6H2,1H3,(H,15,16);1H. The van der Waals surface area contributed by atoms with E-state index in [1.54, 1.807) is 0 Å². The molecule has 0 saturated heterocycles. The molecule has 4 rings (SSSR count). The second-order valence-corrected chi connectivity index (χ2v) is 5.77. The lowest BCUT2D eigenvalue weighted by atomic mass is 10.1. The van der Waals surface area contributed by atoms with Crippen molar-refractivity contribution >= 4 is 35.2 Å². The maximum Gasteiger partial charge on any atom is 0.202 e. The van der Waals surface area contributed by atoms with E-state index in [2.05, 4.69) is 20.1 Å². The van der Waals surface area contributed by atoms with Crippen LogP contribution in [0.5, 0.6) is 0 Å². The second-order valence-electron chi connectivity index (χ2n) is 4.67. The summed E-state index contributed by atoms with van der Waals surface area (Å²) in [6.07, 6.45) is 2.89. The molecule has 0 bridgehead atoms. The molecule has 1 aliphatic heterocycles. The Bertz CT molecular complexity index is 767. The third kappa shape index (κ3) is 2.09. The molecule has 0 amide bonds. The number of imidazole rings is 1. The van der Waals surface area contributed by atoms with Crippen LogP contribution in [0.15, 0.2) is 16.8 Å². The van der Waals surface area contributed by atoms with Gasteiger partial charge in [-0.1, -0.05) is 5.16 Å². The number of hydrogen-bond acceptors (Lipinski definition) is 5. The van der Waals surface area contributed by atoms with Crippen LogP contribution in [0.2, 0.25) is 0 Å². The Morgan fingerprint density at radius 3 is 3.10 bits per heavy atom. The van der Waals surface area contributed by atoms with Crippen molar-refractivity contribution in [1.82, 2.24) is 20.1 Å². The Labute approximate surface area is 126 Å². The zero-order valence-corrected chi connectivity index (χ0v) is 12.5. The van der Waals surface area contributed by atoms with Crippen LogP contribution in [-0.2, 0) is 12.2 Å². The van der Waals surface area contributed by atoms with Crippen molar-refractivity contribution in [1.29, 1.82) is 0 Å². The lowest BCUT2D eigenvalue weighted by Gasteiger charge is -2.13. The van der Waals surface area contributed by atoms with E-state index in [-0.39, 0.29) is 12.4 Å². The molecule has 0 aromatic carbocycles. The van der Waals surface area contributed by atoms with E-state index in [0.717, 1.165) is 40.5 Å². The maximum atomic E-state index is 5.25. The van der Waals surface area contributed by atoms with E-state index in [4.69, 9.17) is 4.52 Å². The molecule has 0 spiro atoms. The highest BCUT2D eigenvalue weighted by atomic mass is 35.5. The summed E-state index contributed by atoms with van der Waals surface area (Å²) in [5.74, 6) is 3.52. The molecule has 0 fully saturated rings. The second kappa shape index (κ2) is 5.10. The average Bonchev–Trinajstić information content (AvgIpc) is 3.04. The monoisotopic (exact) mass is 308 g/mol. The molecular weight excluding hydrogens is 296 g/mol. The quantitative estimate of drug-likeness (QED) is 0.748. The number of H-pyrrole nitrogens is 1. The number of pyridine rings is 1. The number of fused-ring (bicyclic) bond motifs is 3. The van der Waals surface area contributed by atoms with Crippen molar-refractivity contribution in [2.24, 2.45) is 0 Å². The van der Waals surface area contributed by atoms with Gasteiger partial charge in [-0.2, -0.15) is 11.8 Å². The molecule has 3 aromatic rings. The third-order valence-corrected chi connectivity index (χ3v) is 4.29. The van der Waals surface area contributed by atoms with Gasteiger partial charge in [-0.15, -0.1) is 12.4 Å². The average molecular weight is 309 g/mol. The smallest absolute Gasteiger partial charge is 0.202 e. The molecule has 5 nitrogen and oxygen atoms in total. The maximum absolute atomic E-state index is 5.25. The van der Waals surface area contributed by atoms with Crippen molar-refractivity contribution in [2.45, 2.75) is 19.1 Å². The van der Waals surface area contributed by atoms with Gasteiger partial charge in [0.05, 0.1) is 22.9 Å². The van der Waals surface area contributed by atoms with Crippen molar-refractivity contribution in [2.75, 3.05) is 5.75 Å². The van der Waals surface area contributed by atoms with Gasteiger partial charge in [0, 0.05) is 23.1 Å². The fourth-order valence-electron chi connectivity index (χ4n) is 2.37. The minimum atomic E-state index is 0. The Hall–Kier alpha value is -1.53. The van der Waals surface area contributed by atoms with Crippen molar-refractivity contribution in [3.8, 4) is 11.6 Å². The van der Waals surface area contributed by atoms with Crippen LogP contribution >= 0.6 is 24.2 Å². The number of halogens is 1. The van der Waals surface area contributed by atoms with E-state index in [1.807, 2.05) is 30.9 Å². The lowest BCUT2D eigenvalue weighted by Crippen LogP contribution is -2.05. The molecule has 104 valence electrons. The van der Waals surface area contributed by atoms with Crippen LogP contribution in [0.1, 0.15) is 17.0 Å². The third-order valence-electron chi connectivity index (χ3n) is 3.31. The molecule has 0 unspecified atom stereocenters. The first-order valence-electron chi connectivity index (χ1n) is 6.19. The summed E-state index contributed by atoms with van der Waals surface area (Å²) >= 11 is 1.93. The van der Waals surface area contributed by atoms with Gasteiger partial charge in [0.25, 0.3) is 0 Å². The molecule has 1 N–H and O–H groups in total. The highest BCUT2D eigenvalue weighted by molar-refractivity contribution is 7.98. The fourth-order valence-corrected chi connectivity index (χ4v) is 3.36. The molecule has 1 aliphatic rings. The number of thioether (sulfide) groups is 1. The summed E-state index contributed by atoms with van der Waals surface area (Å²) in [4.78, 5) is 12.5. The highest BCUT2D eigenvalue weighted by Gasteiger charge is 2.18. The Kier molecular flexibility index (Phi) is 3.43. The Morgan fingerprint density at radius 2 is 2.30 bits per heavy atom. The van der Waals surface area contributed by atoms with E-state index in [9.17, 15) is 0 Å². The van der Waals surface area contributed by atoms with Crippen molar-refractivity contribution in [3.63, 3.8) is 0 Å². The number of hydrogen-bond donors (Lipinski definition) is 1. The summed E-state index contributed by atoms with van der Waals surface area (Å²) in [7, 11) is 0. The fraction of sp³-hybridized carbons (Fsp3) is 0.308. The van der Waals surface area contributed by atoms with Crippen LogP contribution in [0.25, 0.3) is 22.6 Å². The largest absolute Gasteiger partial charge is 0.353 e. The number of aromatic nitrogens is 4. The lowest BCUT2D eigenvalue weighted by molar-refractivity contribution is 0.425. The predicted molar refractivity (Wildman–Crippen MR) is 81.2 cm³/mol. The van der Waals surface area contributed by atoms with Crippen LogP contribution in [0.3, 0.4) is 0 Å². The van der Waals surface area contributed by atoms with E-state index in [0.29, 0.717) is 5.76 Å². The first kappa shape index (κ1) is 13.5. The molecule has 0 aliphatic carbocycles. The van der Waals surface area contributed by atoms with Gasteiger partial charge in [-0.05, 0) is 19.1 Å². The number of nitrogens with zero attached hydrogens (tertiary/aromatic N) is 3. The molecule has 0 radical (unpaired) electrons. The minimum absolute atomic E-state index is 0. The van der Waals surface area contributed by atoms with Crippen LogP contribution < -0.4 is 0 Å². The zero-order chi connectivity index (χ0) is 12.8.